The van der Waals surface area contributed by atoms with Crippen molar-refractivity contribution < 1.29 is 19.3 Å². The molecule has 2 atom stereocenters. The molecule has 2 heterocycles. The summed E-state index contributed by atoms with van der Waals surface area (Å²) in [4.78, 5) is 32.0. The van der Waals surface area contributed by atoms with Crippen LogP contribution in [-0.2, 0) is 19.3 Å². The number of nitriles is 2. The molecule has 0 spiro atoms. The molecule has 0 radical (unpaired) electrons. The summed E-state index contributed by atoms with van der Waals surface area (Å²) in [6.07, 6.45) is 1.20. The minimum atomic E-state index is -1.18. The number of nitrogens with zero attached hydrogens (tertiary/aromatic N) is 4. The summed E-state index contributed by atoms with van der Waals surface area (Å²) < 4.78 is 0. The van der Waals surface area contributed by atoms with Gasteiger partial charge in [0.2, 0.25) is 0 Å². The normalized spacial score (nSPS) is 27.0. The molecule has 0 amide bonds. The van der Waals surface area contributed by atoms with Crippen molar-refractivity contribution in [2.75, 3.05) is 13.1 Å². The first kappa shape index (κ1) is 12.3. The maximum atomic E-state index is 11.3. The molecule has 94 valence electrons. The summed E-state index contributed by atoms with van der Waals surface area (Å²) in [5.41, 5.74) is 0. The van der Waals surface area contributed by atoms with Crippen molar-refractivity contribution >= 4 is 11.9 Å². The van der Waals surface area contributed by atoms with Crippen LogP contribution in [0.3, 0.4) is 0 Å². The second-order valence-electron chi connectivity index (χ2n) is 3.91. The Morgan fingerprint density at radius 3 is 1.56 bits per heavy atom. The number of hydrogen-bond donors (Lipinski definition) is 0. The SMILES string of the molecule is N#C[C@H]1CCN1OC(=O)C(=O)ON1CC[C@@H]1C#N. The van der Waals surface area contributed by atoms with Crippen molar-refractivity contribution in [3.8, 4) is 12.1 Å². The van der Waals surface area contributed by atoms with E-state index in [0.717, 1.165) is 10.1 Å². The van der Waals surface area contributed by atoms with Gasteiger partial charge in [0.15, 0.2) is 0 Å². The van der Waals surface area contributed by atoms with E-state index in [2.05, 4.69) is 9.68 Å². The van der Waals surface area contributed by atoms with Crippen molar-refractivity contribution in [2.24, 2.45) is 0 Å². The van der Waals surface area contributed by atoms with E-state index in [0.29, 0.717) is 25.9 Å². The third kappa shape index (κ3) is 2.25. The van der Waals surface area contributed by atoms with Crippen LogP contribution in [-0.4, -0.2) is 47.2 Å². The molecule has 0 aromatic carbocycles. The van der Waals surface area contributed by atoms with E-state index >= 15 is 0 Å². The van der Waals surface area contributed by atoms with E-state index in [4.69, 9.17) is 10.5 Å². The fourth-order valence-corrected chi connectivity index (χ4v) is 1.49. The molecule has 0 unspecified atom stereocenters. The highest BCUT2D eigenvalue weighted by atomic mass is 16.8. The van der Waals surface area contributed by atoms with E-state index in [1.807, 2.05) is 12.1 Å². The summed E-state index contributed by atoms with van der Waals surface area (Å²) in [6, 6.07) is 2.83. The molecule has 2 rings (SSSR count). The van der Waals surface area contributed by atoms with Crippen molar-refractivity contribution in [1.82, 2.24) is 10.1 Å². The van der Waals surface area contributed by atoms with Gasteiger partial charge in [-0.15, -0.1) is 10.1 Å². The van der Waals surface area contributed by atoms with Crippen LogP contribution in [0.4, 0.5) is 0 Å². The summed E-state index contributed by atoms with van der Waals surface area (Å²) in [7, 11) is 0. The fourth-order valence-electron chi connectivity index (χ4n) is 1.49. The van der Waals surface area contributed by atoms with Gasteiger partial charge >= 0.3 is 11.9 Å². The van der Waals surface area contributed by atoms with Crippen LogP contribution in [0.1, 0.15) is 12.8 Å². The van der Waals surface area contributed by atoms with Gasteiger partial charge in [-0.25, -0.2) is 9.59 Å². The third-order valence-corrected chi connectivity index (χ3v) is 2.81. The van der Waals surface area contributed by atoms with Gasteiger partial charge in [-0.3, -0.25) is 0 Å². The molecule has 8 nitrogen and oxygen atoms in total. The van der Waals surface area contributed by atoms with E-state index in [1.165, 1.54) is 0 Å². The zero-order valence-electron chi connectivity index (χ0n) is 9.40. The molecule has 2 saturated heterocycles. The van der Waals surface area contributed by atoms with Crippen LogP contribution in [0.15, 0.2) is 0 Å². The molecular formula is C10H10N4O4. The Balaban J connectivity index is 1.78. The Hall–Kier alpha value is -2.16. The summed E-state index contributed by atoms with van der Waals surface area (Å²) in [5, 5.41) is 19.5. The summed E-state index contributed by atoms with van der Waals surface area (Å²) in [6.45, 7) is 0.837. The van der Waals surface area contributed by atoms with Crippen LogP contribution in [0.5, 0.6) is 0 Å². The molecular weight excluding hydrogens is 240 g/mol. The smallest absolute Gasteiger partial charge is 0.358 e. The van der Waals surface area contributed by atoms with Crippen LogP contribution >= 0.6 is 0 Å². The van der Waals surface area contributed by atoms with Crippen molar-refractivity contribution in [3.05, 3.63) is 0 Å². The quantitative estimate of drug-likeness (QED) is 0.580. The highest BCUT2D eigenvalue weighted by Crippen LogP contribution is 2.18. The van der Waals surface area contributed by atoms with Crippen LogP contribution < -0.4 is 0 Å². The second kappa shape index (κ2) is 5.00. The van der Waals surface area contributed by atoms with Gasteiger partial charge in [0.1, 0.15) is 12.1 Å². The van der Waals surface area contributed by atoms with Gasteiger partial charge in [0.05, 0.1) is 12.1 Å². The van der Waals surface area contributed by atoms with Crippen LogP contribution in [0.25, 0.3) is 0 Å². The first-order valence-electron chi connectivity index (χ1n) is 5.42. The van der Waals surface area contributed by atoms with Crippen LogP contribution in [0, 0.1) is 22.7 Å². The minimum Gasteiger partial charge on any atom is -0.358 e. The number of rotatable bonds is 2. The van der Waals surface area contributed by atoms with Gasteiger partial charge in [-0.05, 0) is 12.8 Å². The van der Waals surface area contributed by atoms with E-state index in [1.54, 1.807) is 0 Å². The predicted octanol–water partition coefficient (Wildman–Crippen LogP) is -0.901. The van der Waals surface area contributed by atoms with Crippen molar-refractivity contribution in [1.29, 1.82) is 10.5 Å². The Morgan fingerprint density at radius 1 is 0.944 bits per heavy atom. The molecule has 8 heteroatoms. The van der Waals surface area contributed by atoms with E-state index in [9.17, 15) is 9.59 Å². The highest BCUT2D eigenvalue weighted by molar-refractivity contribution is 6.29. The maximum Gasteiger partial charge on any atom is 0.438 e. The molecule has 0 aliphatic carbocycles. The van der Waals surface area contributed by atoms with Crippen molar-refractivity contribution in [2.45, 2.75) is 24.9 Å². The fraction of sp³-hybridized carbons (Fsp3) is 0.600. The maximum absolute atomic E-state index is 11.3. The second-order valence-corrected chi connectivity index (χ2v) is 3.91. The first-order valence-corrected chi connectivity index (χ1v) is 5.42. The van der Waals surface area contributed by atoms with Gasteiger partial charge in [-0.1, -0.05) is 0 Å². The number of hydroxylamine groups is 4. The largest absolute Gasteiger partial charge is 0.438 e. The summed E-state index contributed by atoms with van der Waals surface area (Å²) in [5.74, 6) is -2.36. The topological polar surface area (TPSA) is 107 Å². The highest BCUT2D eigenvalue weighted by Gasteiger charge is 2.37. The minimum absolute atomic E-state index is 0.418. The number of carbonyl (C=O) groups excluding carboxylic acids is 2. The Labute approximate surface area is 103 Å². The summed E-state index contributed by atoms with van der Waals surface area (Å²) >= 11 is 0. The van der Waals surface area contributed by atoms with Crippen LogP contribution in [0.2, 0.25) is 0 Å². The lowest BCUT2D eigenvalue weighted by atomic mass is 10.1. The lowest BCUT2D eigenvalue weighted by Crippen LogP contribution is -2.51. The Morgan fingerprint density at radius 2 is 1.33 bits per heavy atom. The van der Waals surface area contributed by atoms with Gasteiger partial charge < -0.3 is 9.68 Å². The van der Waals surface area contributed by atoms with Gasteiger partial charge in [0.25, 0.3) is 0 Å². The van der Waals surface area contributed by atoms with Gasteiger partial charge in [-0.2, -0.15) is 10.5 Å². The lowest BCUT2D eigenvalue weighted by molar-refractivity contribution is -0.244. The molecule has 2 aliphatic rings. The first-order chi connectivity index (χ1) is 8.65. The molecule has 2 fully saturated rings. The Kier molecular flexibility index (Phi) is 3.42. The molecule has 0 aromatic rings. The average molecular weight is 250 g/mol. The predicted molar refractivity (Wildman–Crippen MR) is 53.6 cm³/mol. The molecule has 0 bridgehead atoms. The monoisotopic (exact) mass is 250 g/mol. The lowest BCUT2D eigenvalue weighted by Gasteiger charge is -2.35. The Bertz CT molecular complexity index is 410. The standard InChI is InChI=1S/C10H10N4O4/c11-5-7-1-3-13(7)17-9(15)10(16)18-14-4-2-8(14)6-12/h7-8H,1-4H2/t7-,8-/m1/s1. The molecule has 2 aliphatic heterocycles. The van der Waals surface area contributed by atoms with Gasteiger partial charge in [0, 0.05) is 13.1 Å². The number of carbonyl (C=O) groups is 2. The molecule has 0 N–H and O–H groups in total. The molecule has 0 saturated carbocycles. The average Bonchev–Trinajstić information content (AvgIpc) is 2.30. The zero-order valence-corrected chi connectivity index (χ0v) is 9.40. The third-order valence-electron chi connectivity index (χ3n) is 2.81. The molecule has 18 heavy (non-hydrogen) atoms. The number of hydrogen-bond acceptors (Lipinski definition) is 8. The van der Waals surface area contributed by atoms with E-state index in [-0.39, 0.29) is 0 Å². The van der Waals surface area contributed by atoms with E-state index < -0.39 is 24.0 Å². The molecule has 0 aromatic heterocycles. The zero-order chi connectivity index (χ0) is 13.1. The van der Waals surface area contributed by atoms with Crippen molar-refractivity contribution in [3.63, 3.8) is 0 Å².